The number of hydrogen-bond acceptors (Lipinski definition) is 2. The molecule has 1 N–H and O–H groups in total. The molecule has 0 bridgehead atoms. The molecule has 0 spiro atoms. The van der Waals surface area contributed by atoms with Crippen LogP contribution in [0, 0.1) is 0 Å². The third kappa shape index (κ3) is 2.94. The molecule has 0 amide bonds. The molecule has 0 aliphatic rings. The number of alkyl halides is 1. The van der Waals surface area contributed by atoms with Crippen LogP contribution in [0.2, 0.25) is 0 Å². The van der Waals surface area contributed by atoms with Crippen LogP contribution in [0.1, 0.15) is 12.0 Å². The minimum atomic E-state index is -1.12. The van der Waals surface area contributed by atoms with Gasteiger partial charge in [-0.2, -0.15) is 12.6 Å². The van der Waals surface area contributed by atoms with E-state index in [1.165, 1.54) is 0 Å². The molecule has 4 heteroatoms. The summed E-state index contributed by atoms with van der Waals surface area (Å²) in [6.45, 7) is 0. The molecule has 70 valence electrons. The summed E-state index contributed by atoms with van der Waals surface area (Å²) in [6, 6.07) is 8.94. The molecule has 1 atom stereocenters. The van der Waals surface area contributed by atoms with Gasteiger partial charge >= 0.3 is 5.97 Å². The first-order chi connectivity index (χ1) is 6.02. The van der Waals surface area contributed by atoms with E-state index in [2.05, 4.69) is 12.6 Å². The molecule has 1 unspecified atom stereocenters. The highest BCUT2D eigenvalue weighted by molar-refractivity contribution is 7.82. The summed E-state index contributed by atoms with van der Waals surface area (Å²) >= 11 is 10.0. The Morgan fingerprint density at radius 2 is 2.00 bits per heavy atom. The SMILES string of the molecule is O=C(O)CC(S)(Cl)c1ccccc1. The van der Waals surface area contributed by atoms with Crippen molar-refractivity contribution in [1.82, 2.24) is 0 Å². The second kappa shape index (κ2) is 4.03. The topological polar surface area (TPSA) is 37.3 Å². The third-order valence-electron chi connectivity index (χ3n) is 1.60. The molecule has 0 fully saturated rings. The molecule has 0 aliphatic heterocycles. The summed E-state index contributed by atoms with van der Waals surface area (Å²) in [6.07, 6.45) is -0.207. The Morgan fingerprint density at radius 1 is 1.46 bits per heavy atom. The molecule has 0 radical (unpaired) electrons. The summed E-state index contributed by atoms with van der Waals surface area (Å²) in [5.41, 5.74) is 0.697. The number of hydrogen-bond donors (Lipinski definition) is 2. The van der Waals surface area contributed by atoms with Crippen LogP contribution in [0.3, 0.4) is 0 Å². The number of carboxylic acids is 1. The Bertz CT molecular complexity index is 298. The van der Waals surface area contributed by atoms with Crippen molar-refractivity contribution < 1.29 is 9.90 Å². The van der Waals surface area contributed by atoms with Crippen LogP contribution in [-0.2, 0) is 9.00 Å². The highest BCUT2D eigenvalue weighted by Crippen LogP contribution is 2.36. The highest BCUT2D eigenvalue weighted by atomic mass is 35.5. The number of aliphatic carboxylic acids is 1. The van der Waals surface area contributed by atoms with E-state index in [9.17, 15) is 4.79 Å². The van der Waals surface area contributed by atoms with Crippen LogP contribution < -0.4 is 0 Å². The van der Waals surface area contributed by atoms with Crippen LogP contribution in [0.25, 0.3) is 0 Å². The molecule has 2 nitrogen and oxygen atoms in total. The van der Waals surface area contributed by atoms with Crippen molar-refractivity contribution in [3.8, 4) is 0 Å². The molecular weight excluding hydrogens is 208 g/mol. The molecule has 1 aromatic rings. The van der Waals surface area contributed by atoms with Gasteiger partial charge in [0.05, 0.1) is 6.42 Å². The minimum Gasteiger partial charge on any atom is -0.481 e. The zero-order valence-electron chi connectivity index (χ0n) is 6.77. The van der Waals surface area contributed by atoms with Crippen LogP contribution in [0.5, 0.6) is 0 Å². The molecule has 0 aromatic heterocycles. The van der Waals surface area contributed by atoms with Gasteiger partial charge in [-0.15, -0.1) is 11.6 Å². The number of rotatable bonds is 3. The summed E-state index contributed by atoms with van der Waals surface area (Å²) in [5.74, 6) is -0.964. The average Bonchev–Trinajstić information content (AvgIpc) is 2.04. The fourth-order valence-electron chi connectivity index (χ4n) is 0.996. The maximum Gasteiger partial charge on any atom is 0.306 e. The quantitative estimate of drug-likeness (QED) is 0.602. The summed E-state index contributed by atoms with van der Waals surface area (Å²) in [7, 11) is 0. The molecule has 0 saturated heterocycles. The number of thiol groups is 1. The first kappa shape index (κ1) is 10.4. The lowest BCUT2D eigenvalue weighted by Gasteiger charge is -2.18. The molecular formula is C9H9ClO2S. The first-order valence-corrected chi connectivity index (χ1v) is 4.53. The normalized spacial score (nSPS) is 14.9. The smallest absolute Gasteiger partial charge is 0.306 e. The Balaban J connectivity index is 2.87. The van der Waals surface area contributed by atoms with E-state index in [0.29, 0.717) is 5.56 Å². The van der Waals surface area contributed by atoms with Gasteiger partial charge in [-0.3, -0.25) is 4.79 Å². The Morgan fingerprint density at radius 3 is 2.46 bits per heavy atom. The van der Waals surface area contributed by atoms with Crippen molar-refractivity contribution in [2.45, 2.75) is 10.6 Å². The third-order valence-corrected chi connectivity index (χ3v) is 2.37. The van der Waals surface area contributed by atoms with Gasteiger partial charge in [-0.25, -0.2) is 0 Å². The number of halogens is 1. The fraction of sp³-hybridized carbons (Fsp3) is 0.222. The Labute approximate surface area is 86.9 Å². The van der Waals surface area contributed by atoms with Crippen LogP contribution in [-0.4, -0.2) is 11.1 Å². The molecule has 0 aliphatic carbocycles. The standard InChI is InChI=1S/C9H9ClO2S/c10-9(13,6-8(11)12)7-4-2-1-3-5-7/h1-5,13H,6H2,(H,11,12). The maximum absolute atomic E-state index is 10.5. The van der Waals surface area contributed by atoms with Crippen molar-refractivity contribution in [2.75, 3.05) is 0 Å². The Hall–Kier alpha value is -0.670. The van der Waals surface area contributed by atoms with Crippen molar-refractivity contribution in [3.05, 3.63) is 35.9 Å². The summed E-state index contributed by atoms with van der Waals surface area (Å²) in [4.78, 5) is 10.5. The van der Waals surface area contributed by atoms with Gasteiger partial charge in [0.25, 0.3) is 0 Å². The number of carboxylic acid groups (broad SMARTS) is 1. The molecule has 0 saturated carbocycles. The maximum atomic E-state index is 10.5. The van der Waals surface area contributed by atoms with E-state index in [-0.39, 0.29) is 6.42 Å². The van der Waals surface area contributed by atoms with Gasteiger partial charge in [-0.1, -0.05) is 30.3 Å². The van der Waals surface area contributed by atoms with Gasteiger partial charge in [-0.05, 0) is 5.56 Å². The summed E-state index contributed by atoms with van der Waals surface area (Å²) in [5, 5.41) is 8.58. The second-order valence-electron chi connectivity index (χ2n) is 2.70. The highest BCUT2D eigenvalue weighted by Gasteiger charge is 2.27. The predicted octanol–water partition coefficient (Wildman–Crippen LogP) is 2.48. The van der Waals surface area contributed by atoms with Crippen molar-refractivity contribution in [3.63, 3.8) is 0 Å². The summed E-state index contributed by atoms with van der Waals surface area (Å²) < 4.78 is -1.12. The Kier molecular flexibility index (Phi) is 3.22. The lowest BCUT2D eigenvalue weighted by Crippen LogP contribution is -2.15. The van der Waals surface area contributed by atoms with Gasteiger partial charge in [0.15, 0.2) is 0 Å². The zero-order chi connectivity index (χ0) is 9.90. The number of benzene rings is 1. The largest absolute Gasteiger partial charge is 0.481 e. The van der Waals surface area contributed by atoms with Crippen LogP contribution >= 0.6 is 24.2 Å². The molecule has 1 rings (SSSR count). The van der Waals surface area contributed by atoms with E-state index in [1.807, 2.05) is 6.07 Å². The molecule has 0 heterocycles. The molecule has 1 aromatic carbocycles. The van der Waals surface area contributed by atoms with Gasteiger partial charge in [0.2, 0.25) is 0 Å². The van der Waals surface area contributed by atoms with Gasteiger partial charge in [0.1, 0.15) is 4.21 Å². The number of carbonyl (C=O) groups is 1. The second-order valence-corrected chi connectivity index (χ2v) is 4.37. The van der Waals surface area contributed by atoms with Crippen molar-refractivity contribution >= 4 is 30.2 Å². The monoisotopic (exact) mass is 216 g/mol. The average molecular weight is 217 g/mol. The first-order valence-electron chi connectivity index (χ1n) is 3.71. The van der Waals surface area contributed by atoms with E-state index >= 15 is 0 Å². The van der Waals surface area contributed by atoms with E-state index in [1.54, 1.807) is 24.3 Å². The van der Waals surface area contributed by atoms with E-state index < -0.39 is 10.2 Å². The fourth-order valence-corrected chi connectivity index (χ4v) is 1.52. The van der Waals surface area contributed by atoms with Gasteiger partial charge in [0, 0.05) is 0 Å². The van der Waals surface area contributed by atoms with Crippen LogP contribution in [0.15, 0.2) is 30.3 Å². The van der Waals surface area contributed by atoms with Crippen molar-refractivity contribution in [2.24, 2.45) is 0 Å². The van der Waals surface area contributed by atoms with E-state index in [0.717, 1.165) is 0 Å². The zero-order valence-corrected chi connectivity index (χ0v) is 8.42. The lowest BCUT2D eigenvalue weighted by atomic mass is 10.1. The lowest BCUT2D eigenvalue weighted by molar-refractivity contribution is -0.137. The van der Waals surface area contributed by atoms with Crippen molar-refractivity contribution in [1.29, 1.82) is 0 Å². The van der Waals surface area contributed by atoms with E-state index in [4.69, 9.17) is 16.7 Å². The minimum absolute atomic E-state index is 0.207. The predicted molar refractivity (Wildman–Crippen MR) is 55.2 cm³/mol. The van der Waals surface area contributed by atoms with Gasteiger partial charge < -0.3 is 5.11 Å². The molecule has 13 heavy (non-hydrogen) atoms. The van der Waals surface area contributed by atoms with Crippen LogP contribution in [0.4, 0.5) is 0 Å².